The van der Waals surface area contributed by atoms with Crippen molar-refractivity contribution in [3.63, 3.8) is 0 Å². The highest BCUT2D eigenvalue weighted by molar-refractivity contribution is 7.56. The fraction of sp³-hybridized carbons (Fsp3) is 0.400. The zero-order valence-electron chi connectivity index (χ0n) is 21.6. The minimum Gasteiger partial charge on any atom is -0.507 e. The molecule has 1 N–H and O–H groups in total. The van der Waals surface area contributed by atoms with Gasteiger partial charge in [-0.15, -0.1) is 0 Å². The monoisotopic (exact) mass is 461 g/mol. The predicted octanol–water partition coefficient (Wildman–Crippen LogP) is 6.56. The van der Waals surface area contributed by atoms with Gasteiger partial charge < -0.3 is 5.11 Å². The summed E-state index contributed by atoms with van der Waals surface area (Å²) in [5.74, 6) is 0.459. The molecule has 0 amide bonds. The molecular formula is C30H40NOP. The summed E-state index contributed by atoms with van der Waals surface area (Å²) in [5.41, 5.74) is 6.17. The summed E-state index contributed by atoms with van der Waals surface area (Å²) in [4.78, 5) is 2.37. The van der Waals surface area contributed by atoms with Gasteiger partial charge in [-0.3, -0.25) is 4.90 Å². The van der Waals surface area contributed by atoms with Crippen molar-refractivity contribution in [3.8, 4) is 5.75 Å². The zero-order chi connectivity index (χ0) is 24.4. The normalized spacial score (nSPS) is 12.8. The molecule has 0 spiro atoms. The minimum atomic E-state index is -0.116. The third kappa shape index (κ3) is 6.46. The Morgan fingerprint density at radius 2 is 1.48 bits per heavy atom. The Hall–Kier alpha value is -2.15. The second-order valence-electron chi connectivity index (χ2n) is 11.3. The molecule has 0 aliphatic rings. The van der Waals surface area contributed by atoms with E-state index >= 15 is 0 Å². The number of aryl methyl sites for hydroxylation is 1. The second kappa shape index (κ2) is 10.00. The molecule has 176 valence electrons. The van der Waals surface area contributed by atoms with Crippen LogP contribution in [0, 0.1) is 6.92 Å². The lowest BCUT2D eigenvalue weighted by molar-refractivity contribution is 0.320. The van der Waals surface area contributed by atoms with E-state index in [1.165, 1.54) is 27.6 Å². The molecule has 0 bridgehead atoms. The van der Waals surface area contributed by atoms with Gasteiger partial charge in [0, 0.05) is 24.0 Å². The molecular weight excluding hydrogens is 421 g/mol. The summed E-state index contributed by atoms with van der Waals surface area (Å²) in [6.45, 7) is 17.3. The number of phenols is 1. The Kier molecular flexibility index (Phi) is 7.72. The molecule has 0 aliphatic heterocycles. The quantitative estimate of drug-likeness (QED) is 0.420. The van der Waals surface area contributed by atoms with Crippen molar-refractivity contribution in [1.29, 1.82) is 0 Å². The average Bonchev–Trinajstić information content (AvgIpc) is 2.70. The third-order valence-electron chi connectivity index (χ3n) is 6.14. The first-order valence-electron chi connectivity index (χ1n) is 11.8. The lowest BCUT2D eigenvalue weighted by Crippen LogP contribution is -2.24. The molecule has 3 heteroatoms. The number of benzene rings is 3. The first-order chi connectivity index (χ1) is 15.4. The van der Waals surface area contributed by atoms with Crippen molar-refractivity contribution in [2.75, 3.05) is 7.05 Å². The standard InChI is InChI=1S/C30H40NOP/c1-21-13-12-16-23(20-31(8)19-22-14-10-9-11-15-22)28(21)33-26-18-24(29(2,3)4)17-25(27(26)32)30(5,6)7/h9-18,32-33H,19-20H2,1-8H3. The Bertz CT molecular complexity index is 1090. The molecule has 0 saturated heterocycles. The van der Waals surface area contributed by atoms with E-state index < -0.39 is 0 Å². The number of aromatic hydroxyl groups is 1. The molecule has 3 aromatic carbocycles. The zero-order valence-corrected chi connectivity index (χ0v) is 22.6. The fourth-order valence-corrected chi connectivity index (χ4v) is 5.50. The summed E-state index contributed by atoms with van der Waals surface area (Å²) in [5, 5.41) is 13.7. The van der Waals surface area contributed by atoms with Gasteiger partial charge in [-0.1, -0.05) is 105 Å². The third-order valence-corrected chi connectivity index (χ3v) is 7.75. The van der Waals surface area contributed by atoms with Crippen LogP contribution in [0.3, 0.4) is 0 Å². The van der Waals surface area contributed by atoms with Crippen LogP contribution in [-0.2, 0) is 23.9 Å². The summed E-state index contributed by atoms with van der Waals surface area (Å²) >= 11 is 0. The number of nitrogens with zero attached hydrogens (tertiary/aromatic N) is 1. The maximum Gasteiger partial charge on any atom is 0.127 e. The van der Waals surface area contributed by atoms with E-state index in [2.05, 4.69) is 121 Å². The number of phenolic OH excluding ortho intramolecular Hbond substituents is 1. The Morgan fingerprint density at radius 1 is 0.818 bits per heavy atom. The van der Waals surface area contributed by atoms with Crippen LogP contribution in [0.5, 0.6) is 5.75 Å². The van der Waals surface area contributed by atoms with Crippen molar-refractivity contribution in [1.82, 2.24) is 4.90 Å². The van der Waals surface area contributed by atoms with Crippen LogP contribution < -0.4 is 10.6 Å². The molecule has 3 aromatic rings. The molecule has 0 aromatic heterocycles. The summed E-state index contributed by atoms with van der Waals surface area (Å²) in [6.07, 6.45) is 0. The van der Waals surface area contributed by atoms with Gasteiger partial charge in [-0.2, -0.15) is 0 Å². The van der Waals surface area contributed by atoms with E-state index in [4.69, 9.17) is 0 Å². The van der Waals surface area contributed by atoms with Crippen LogP contribution in [0.2, 0.25) is 0 Å². The molecule has 1 unspecified atom stereocenters. The van der Waals surface area contributed by atoms with E-state index in [0.717, 1.165) is 24.0 Å². The maximum atomic E-state index is 11.3. The smallest absolute Gasteiger partial charge is 0.127 e. The molecule has 0 heterocycles. The molecule has 1 atom stereocenters. The van der Waals surface area contributed by atoms with Crippen molar-refractivity contribution in [2.45, 2.75) is 72.4 Å². The maximum absolute atomic E-state index is 11.3. The van der Waals surface area contributed by atoms with Crippen LogP contribution in [0.25, 0.3) is 0 Å². The fourth-order valence-electron chi connectivity index (χ4n) is 4.15. The summed E-state index contributed by atoms with van der Waals surface area (Å²) in [6, 6.07) is 21.6. The second-order valence-corrected chi connectivity index (χ2v) is 12.6. The molecule has 0 fully saturated rings. The lowest BCUT2D eigenvalue weighted by Gasteiger charge is -2.28. The van der Waals surface area contributed by atoms with E-state index in [0.29, 0.717) is 14.3 Å². The van der Waals surface area contributed by atoms with Gasteiger partial charge in [-0.05, 0) is 58.4 Å². The van der Waals surface area contributed by atoms with Gasteiger partial charge in [0.1, 0.15) is 5.75 Å². The van der Waals surface area contributed by atoms with Gasteiger partial charge in [0.15, 0.2) is 0 Å². The minimum absolute atomic E-state index is 0.0252. The van der Waals surface area contributed by atoms with Crippen molar-refractivity contribution in [3.05, 3.63) is 88.5 Å². The van der Waals surface area contributed by atoms with Gasteiger partial charge in [0.05, 0.1) is 0 Å². The Balaban J connectivity index is 1.98. The number of hydrogen-bond acceptors (Lipinski definition) is 2. The number of hydrogen-bond donors (Lipinski definition) is 1. The molecule has 33 heavy (non-hydrogen) atoms. The first kappa shape index (κ1) is 25.5. The predicted molar refractivity (Wildman–Crippen MR) is 146 cm³/mol. The largest absolute Gasteiger partial charge is 0.507 e. The van der Waals surface area contributed by atoms with Crippen LogP contribution in [0.1, 0.15) is 69.4 Å². The molecule has 0 saturated carbocycles. The van der Waals surface area contributed by atoms with E-state index in [1.807, 2.05) is 0 Å². The molecule has 2 nitrogen and oxygen atoms in total. The van der Waals surface area contributed by atoms with Crippen LogP contribution in [0.4, 0.5) is 0 Å². The molecule has 0 aliphatic carbocycles. The van der Waals surface area contributed by atoms with Gasteiger partial charge in [0.25, 0.3) is 0 Å². The van der Waals surface area contributed by atoms with Crippen LogP contribution >= 0.6 is 8.58 Å². The Labute approximate surface area is 202 Å². The first-order valence-corrected chi connectivity index (χ1v) is 12.8. The van der Waals surface area contributed by atoms with Crippen molar-refractivity contribution < 1.29 is 5.11 Å². The van der Waals surface area contributed by atoms with E-state index in [-0.39, 0.29) is 10.8 Å². The van der Waals surface area contributed by atoms with E-state index in [1.54, 1.807) is 0 Å². The van der Waals surface area contributed by atoms with Crippen molar-refractivity contribution in [2.24, 2.45) is 0 Å². The molecule has 3 rings (SSSR count). The highest BCUT2D eigenvalue weighted by Crippen LogP contribution is 2.37. The van der Waals surface area contributed by atoms with Crippen LogP contribution in [-0.4, -0.2) is 17.1 Å². The summed E-state index contributed by atoms with van der Waals surface area (Å²) in [7, 11) is 2.59. The topological polar surface area (TPSA) is 23.5 Å². The SMILES string of the molecule is Cc1cccc(CN(C)Cc2ccccc2)c1Pc1cc(C(C)(C)C)cc(C(C)(C)C)c1O. The van der Waals surface area contributed by atoms with Crippen LogP contribution in [0.15, 0.2) is 60.7 Å². The molecule has 0 radical (unpaired) electrons. The summed E-state index contributed by atoms with van der Waals surface area (Å²) < 4.78 is 0. The van der Waals surface area contributed by atoms with Gasteiger partial charge in [-0.25, -0.2) is 0 Å². The highest BCUT2D eigenvalue weighted by Gasteiger charge is 2.25. The lowest BCUT2D eigenvalue weighted by atomic mass is 9.80. The Morgan fingerprint density at radius 3 is 2.09 bits per heavy atom. The van der Waals surface area contributed by atoms with E-state index in [9.17, 15) is 5.11 Å². The highest BCUT2D eigenvalue weighted by atomic mass is 31.1. The van der Waals surface area contributed by atoms with Crippen molar-refractivity contribution >= 4 is 19.2 Å². The van der Waals surface area contributed by atoms with Gasteiger partial charge in [0.2, 0.25) is 0 Å². The number of rotatable bonds is 6. The van der Waals surface area contributed by atoms with Gasteiger partial charge >= 0.3 is 0 Å². The average molecular weight is 462 g/mol.